The fourth-order valence-electron chi connectivity index (χ4n) is 4.57. The second-order valence-corrected chi connectivity index (χ2v) is 8.34. The number of aromatic nitrogens is 2. The molecule has 2 aromatic rings. The second kappa shape index (κ2) is 8.36. The van der Waals surface area contributed by atoms with Crippen molar-refractivity contribution in [2.24, 2.45) is 0 Å². The minimum atomic E-state index is -2.59. The first-order chi connectivity index (χ1) is 13.9. The Bertz CT molecular complexity index is 903. The van der Waals surface area contributed by atoms with E-state index in [-0.39, 0.29) is 0 Å². The lowest BCUT2D eigenvalue weighted by Crippen LogP contribution is -2.52. The predicted octanol–water partition coefficient (Wildman–Crippen LogP) is 2.48. The number of rotatable bonds is 5. The molecule has 29 heavy (non-hydrogen) atoms. The highest BCUT2D eigenvalue weighted by atomic mass is 19.3. The van der Waals surface area contributed by atoms with Crippen molar-refractivity contribution in [1.29, 1.82) is 0 Å². The summed E-state index contributed by atoms with van der Waals surface area (Å²) in [5, 5.41) is 11.1. The minimum Gasteiger partial charge on any atom is -0.389 e. The summed E-state index contributed by atoms with van der Waals surface area (Å²) in [6.45, 7) is 3.53. The molecule has 1 saturated heterocycles. The van der Waals surface area contributed by atoms with Crippen molar-refractivity contribution in [3.63, 3.8) is 0 Å². The topological polar surface area (TPSA) is 61.6 Å². The van der Waals surface area contributed by atoms with E-state index in [4.69, 9.17) is 0 Å². The van der Waals surface area contributed by atoms with Crippen molar-refractivity contribution < 1.29 is 13.9 Å². The van der Waals surface area contributed by atoms with Gasteiger partial charge in [0.05, 0.1) is 29.4 Å². The van der Waals surface area contributed by atoms with Gasteiger partial charge < -0.3 is 10.0 Å². The second-order valence-electron chi connectivity index (χ2n) is 8.34. The SMILES string of the molecule is O=c1c2ccc(N3CCN(CC4(O)CCCCC4)CC3)cc2ncn1CC(F)F. The van der Waals surface area contributed by atoms with Gasteiger partial charge in [-0.15, -0.1) is 0 Å². The van der Waals surface area contributed by atoms with Crippen LogP contribution in [0.15, 0.2) is 29.3 Å². The molecule has 0 spiro atoms. The fraction of sp³-hybridized carbons (Fsp3) is 0.619. The molecule has 4 rings (SSSR count). The maximum Gasteiger partial charge on any atom is 0.261 e. The van der Waals surface area contributed by atoms with Crippen LogP contribution in [-0.4, -0.2) is 64.3 Å². The van der Waals surface area contributed by atoms with E-state index in [1.807, 2.05) is 12.1 Å². The molecule has 0 amide bonds. The van der Waals surface area contributed by atoms with Crippen LogP contribution in [0.4, 0.5) is 14.5 Å². The highest BCUT2D eigenvalue weighted by molar-refractivity contribution is 5.81. The van der Waals surface area contributed by atoms with Crippen LogP contribution < -0.4 is 10.5 Å². The molecular weight excluding hydrogens is 378 g/mol. The van der Waals surface area contributed by atoms with Gasteiger partial charge in [0.1, 0.15) is 0 Å². The number of hydrogen-bond acceptors (Lipinski definition) is 5. The third-order valence-corrected chi connectivity index (χ3v) is 6.18. The van der Waals surface area contributed by atoms with Crippen LogP contribution in [-0.2, 0) is 6.54 Å². The van der Waals surface area contributed by atoms with Crippen molar-refractivity contribution in [3.8, 4) is 0 Å². The van der Waals surface area contributed by atoms with Crippen molar-refractivity contribution in [3.05, 3.63) is 34.9 Å². The molecule has 2 fully saturated rings. The molecule has 6 nitrogen and oxygen atoms in total. The van der Waals surface area contributed by atoms with Crippen molar-refractivity contribution >= 4 is 16.6 Å². The molecule has 1 saturated carbocycles. The number of nitrogens with zero attached hydrogens (tertiary/aromatic N) is 4. The molecule has 158 valence electrons. The van der Waals surface area contributed by atoms with Crippen LogP contribution in [0, 0.1) is 0 Å². The summed E-state index contributed by atoms with van der Waals surface area (Å²) in [7, 11) is 0. The van der Waals surface area contributed by atoms with Gasteiger partial charge in [0.25, 0.3) is 12.0 Å². The van der Waals surface area contributed by atoms with Gasteiger partial charge in [0.2, 0.25) is 0 Å². The Morgan fingerprint density at radius 2 is 1.83 bits per heavy atom. The molecule has 2 aliphatic rings. The zero-order valence-electron chi connectivity index (χ0n) is 16.6. The maximum atomic E-state index is 12.6. The van der Waals surface area contributed by atoms with Crippen molar-refractivity contribution in [1.82, 2.24) is 14.5 Å². The normalized spacial score (nSPS) is 20.5. The van der Waals surface area contributed by atoms with E-state index in [0.29, 0.717) is 10.9 Å². The molecule has 0 radical (unpaired) electrons. The first-order valence-corrected chi connectivity index (χ1v) is 10.4. The molecule has 1 aromatic carbocycles. The molecule has 1 N–H and O–H groups in total. The van der Waals surface area contributed by atoms with Crippen LogP contribution in [0.25, 0.3) is 10.9 Å². The van der Waals surface area contributed by atoms with Crippen LogP contribution in [0.2, 0.25) is 0 Å². The molecule has 1 aliphatic heterocycles. The molecule has 0 bridgehead atoms. The lowest BCUT2D eigenvalue weighted by molar-refractivity contribution is -0.0271. The van der Waals surface area contributed by atoms with Gasteiger partial charge in [-0.25, -0.2) is 13.8 Å². The molecule has 0 unspecified atom stereocenters. The van der Waals surface area contributed by atoms with E-state index >= 15 is 0 Å². The maximum absolute atomic E-state index is 12.6. The number of alkyl halides is 2. The number of benzene rings is 1. The first-order valence-electron chi connectivity index (χ1n) is 10.4. The Morgan fingerprint density at radius 1 is 1.10 bits per heavy atom. The third kappa shape index (κ3) is 4.59. The average molecular weight is 406 g/mol. The van der Waals surface area contributed by atoms with Gasteiger partial charge in [-0.05, 0) is 31.0 Å². The Balaban J connectivity index is 1.42. The molecule has 0 atom stereocenters. The summed E-state index contributed by atoms with van der Waals surface area (Å²) in [6.07, 6.45) is 3.84. The zero-order chi connectivity index (χ0) is 20.4. The number of hydrogen-bond donors (Lipinski definition) is 1. The van der Waals surface area contributed by atoms with E-state index < -0.39 is 24.1 Å². The van der Waals surface area contributed by atoms with Gasteiger partial charge in [0, 0.05) is 38.4 Å². The Hall–Kier alpha value is -2.06. The number of β-amino-alcohol motifs (C(OH)–C–C–N with tert-alkyl or cyclic N) is 1. The fourth-order valence-corrected chi connectivity index (χ4v) is 4.57. The lowest BCUT2D eigenvalue weighted by atomic mass is 9.84. The van der Waals surface area contributed by atoms with E-state index in [1.54, 1.807) is 6.07 Å². The van der Waals surface area contributed by atoms with Crippen LogP contribution in [0.1, 0.15) is 32.1 Å². The molecule has 1 aliphatic carbocycles. The van der Waals surface area contributed by atoms with Crippen LogP contribution >= 0.6 is 0 Å². The lowest BCUT2D eigenvalue weighted by Gasteiger charge is -2.41. The predicted molar refractivity (Wildman–Crippen MR) is 109 cm³/mol. The summed E-state index contributed by atoms with van der Waals surface area (Å²) >= 11 is 0. The summed E-state index contributed by atoms with van der Waals surface area (Å²) in [5.74, 6) is 0. The largest absolute Gasteiger partial charge is 0.389 e. The molecular formula is C21H28F2N4O2. The highest BCUT2D eigenvalue weighted by Crippen LogP contribution is 2.29. The van der Waals surface area contributed by atoms with Gasteiger partial charge in [-0.2, -0.15) is 0 Å². The standard InChI is InChI=1S/C21H28F2N4O2/c22-19(23)13-27-15-24-18-12-16(4-5-17(18)20(27)28)26-10-8-25(9-11-26)14-21(29)6-2-1-3-7-21/h4-5,12,15,19,29H,1-3,6-11,13-14H2. The summed E-state index contributed by atoms with van der Waals surface area (Å²) in [5.41, 5.74) is 0.530. The van der Waals surface area contributed by atoms with E-state index in [9.17, 15) is 18.7 Å². The summed E-state index contributed by atoms with van der Waals surface area (Å²) < 4.78 is 26.2. The number of aliphatic hydroxyl groups is 1. The molecule has 2 heterocycles. The summed E-state index contributed by atoms with van der Waals surface area (Å²) in [6, 6.07) is 5.40. The Kier molecular flexibility index (Phi) is 5.83. The van der Waals surface area contributed by atoms with Gasteiger partial charge in [-0.3, -0.25) is 14.3 Å². The number of piperazine rings is 1. The number of anilines is 1. The van der Waals surface area contributed by atoms with Gasteiger partial charge >= 0.3 is 0 Å². The van der Waals surface area contributed by atoms with E-state index in [0.717, 1.165) is 68.7 Å². The Morgan fingerprint density at radius 3 is 2.52 bits per heavy atom. The monoisotopic (exact) mass is 406 g/mol. The summed E-state index contributed by atoms with van der Waals surface area (Å²) in [4.78, 5) is 21.2. The quantitative estimate of drug-likeness (QED) is 0.827. The van der Waals surface area contributed by atoms with E-state index in [1.165, 1.54) is 12.7 Å². The van der Waals surface area contributed by atoms with Gasteiger partial charge in [-0.1, -0.05) is 19.3 Å². The Labute approximate surface area is 168 Å². The first kappa shape index (κ1) is 20.2. The van der Waals surface area contributed by atoms with Crippen LogP contribution in [0.5, 0.6) is 0 Å². The molecule has 8 heteroatoms. The van der Waals surface area contributed by atoms with Crippen molar-refractivity contribution in [2.75, 3.05) is 37.6 Å². The highest BCUT2D eigenvalue weighted by Gasteiger charge is 2.32. The third-order valence-electron chi connectivity index (χ3n) is 6.18. The smallest absolute Gasteiger partial charge is 0.261 e. The molecule has 1 aromatic heterocycles. The van der Waals surface area contributed by atoms with Crippen LogP contribution in [0.3, 0.4) is 0 Å². The average Bonchev–Trinajstić information content (AvgIpc) is 2.70. The number of halogens is 2. The van der Waals surface area contributed by atoms with Crippen molar-refractivity contribution in [2.45, 2.75) is 50.7 Å². The zero-order valence-corrected chi connectivity index (χ0v) is 16.6. The minimum absolute atomic E-state index is 0.357. The van der Waals surface area contributed by atoms with E-state index in [2.05, 4.69) is 14.8 Å². The number of fused-ring (bicyclic) bond motifs is 1. The van der Waals surface area contributed by atoms with Gasteiger partial charge in [0.15, 0.2) is 0 Å².